The molecule has 26 heavy (non-hydrogen) atoms. The molecule has 0 aliphatic rings. The van der Waals surface area contributed by atoms with Crippen LogP contribution in [0.5, 0.6) is 0 Å². The fourth-order valence-electron chi connectivity index (χ4n) is 2.80. The van der Waals surface area contributed by atoms with Crippen molar-refractivity contribution in [2.45, 2.75) is 19.0 Å². The number of nitrogens with one attached hydrogen (secondary N) is 1. The molecule has 4 nitrogen and oxygen atoms in total. The summed E-state index contributed by atoms with van der Waals surface area (Å²) < 4.78 is 34.0. The van der Waals surface area contributed by atoms with Gasteiger partial charge in [-0.2, -0.15) is 5.10 Å². The summed E-state index contributed by atoms with van der Waals surface area (Å²) in [7, 11) is 1.64. The first-order chi connectivity index (χ1) is 12.6. The zero-order valence-corrected chi connectivity index (χ0v) is 14.5. The number of methoxy groups -OCH3 is 1. The lowest BCUT2D eigenvalue weighted by Gasteiger charge is -2.19. The smallest absolute Gasteiger partial charge is 0.148 e. The van der Waals surface area contributed by atoms with Gasteiger partial charge in [0.1, 0.15) is 17.5 Å². The van der Waals surface area contributed by atoms with Crippen molar-refractivity contribution in [2.24, 2.45) is 0 Å². The summed E-state index contributed by atoms with van der Waals surface area (Å²) in [6, 6.07) is 14.5. The van der Waals surface area contributed by atoms with Crippen LogP contribution in [0.2, 0.25) is 0 Å². The van der Waals surface area contributed by atoms with Gasteiger partial charge in [-0.3, -0.25) is 4.68 Å². The average molecular weight is 357 g/mol. The van der Waals surface area contributed by atoms with E-state index in [1.54, 1.807) is 23.9 Å². The maximum Gasteiger partial charge on any atom is 0.148 e. The first-order valence-electron chi connectivity index (χ1n) is 8.43. The van der Waals surface area contributed by atoms with Gasteiger partial charge in [0.25, 0.3) is 0 Å². The molecule has 1 heterocycles. The van der Waals surface area contributed by atoms with Crippen molar-refractivity contribution >= 4 is 5.82 Å². The van der Waals surface area contributed by atoms with Crippen LogP contribution in [0.1, 0.15) is 17.2 Å². The van der Waals surface area contributed by atoms with Crippen LogP contribution in [-0.4, -0.2) is 23.5 Å². The normalized spacial score (nSPS) is 12.1. The minimum Gasteiger partial charge on any atom is -0.383 e. The molecule has 2 aromatic carbocycles. The topological polar surface area (TPSA) is 39.1 Å². The second-order valence-electron chi connectivity index (χ2n) is 6.04. The fraction of sp³-hybridized carbons (Fsp3) is 0.250. The van der Waals surface area contributed by atoms with E-state index in [0.717, 1.165) is 11.1 Å². The van der Waals surface area contributed by atoms with E-state index in [9.17, 15) is 8.78 Å². The maximum absolute atomic E-state index is 13.7. The van der Waals surface area contributed by atoms with Gasteiger partial charge in [-0.25, -0.2) is 8.78 Å². The Kier molecular flexibility index (Phi) is 5.96. The molecule has 1 aromatic heterocycles. The molecule has 136 valence electrons. The van der Waals surface area contributed by atoms with Crippen LogP contribution in [0.15, 0.2) is 60.8 Å². The van der Waals surface area contributed by atoms with Crippen LogP contribution in [-0.2, 0) is 17.7 Å². The largest absolute Gasteiger partial charge is 0.383 e. The molecule has 3 rings (SSSR count). The number of anilines is 1. The van der Waals surface area contributed by atoms with E-state index in [2.05, 4.69) is 10.4 Å². The van der Waals surface area contributed by atoms with Crippen molar-refractivity contribution in [1.29, 1.82) is 0 Å². The molecule has 0 aliphatic heterocycles. The number of ether oxygens (including phenoxy) is 1. The lowest BCUT2D eigenvalue weighted by molar-refractivity contribution is 0.183. The first kappa shape index (κ1) is 18.1. The highest BCUT2D eigenvalue weighted by molar-refractivity contribution is 5.38. The minimum atomic E-state index is -0.306. The molecular weight excluding hydrogens is 336 g/mol. The van der Waals surface area contributed by atoms with Gasteiger partial charge >= 0.3 is 0 Å². The highest BCUT2D eigenvalue weighted by Crippen LogP contribution is 2.24. The average Bonchev–Trinajstić information content (AvgIpc) is 3.07. The number of nitrogens with zero attached hydrogens (tertiary/aromatic N) is 2. The third kappa shape index (κ3) is 4.89. The summed E-state index contributed by atoms with van der Waals surface area (Å²) in [6.07, 6.45) is 2.36. The Balaban J connectivity index is 1.81. The second kappa shape index (κ2) is 8.58. The Morgan fingerprint density at radius 1 is 1.08 bits per heavy atom. The summed E-state index contributed by atoms with van der Waals surface area (Å²) in [5.41, 5.74) is 1.60. The Morgan fingerprint density at radius 2 is 1.85 bits per heavy atom. The van der Waals surface area contributed by atoms with Gasteiger partial charge in [0, 0.05) is 19.4 Å². The quantitative estimate of drug-likeness (QED) is 0.657. The van der Waals surface area contributed by atoms with E-state index < -0.39 is 0 Å². The van der Waals surface area contributed by atoms with Gasteiger partial charge in [-0.1, -0.05) is 24.3 Å². The molecule has 1 N–H and O–H groups in total. The number of aromatic nitrogens is 2. The molecule has 1 unspecified atom stereocenters. The predicted octanol–water partition coefficient (Wildman–Crippen LogP) is 4.20. The van der Waals surface area contributed by atoms with Crippen molar-refractivity contribution < 1.29 is 13.5 Å². The van der Waals surface area contributed by atoms with Crippen LogP contribution >= 0.6 is 0 Å². The lowest BCUT2D eigenvalue weighted by Crippen LogP contribution is -2.15. The van der Waals surface area contributed by atoms with Crippen LogP contribution < -0.4 is 5.32 Å². The van der Waals surface area contributed by atoms with E-state index >= 15 is 0 Å². The standard InChI is InChI=1S/C20H21F2N3O/c1-26-11-10-25-9-8-20(24-25)23-19(16-5-3-7-18(22)14-16)13-15-4-2-6-17(21)12-15/h2-9,12,14,19H,10-11,13H2,1H3,(H,23,24). The SMILES string of the molecule is COCCn1ccc(NC(Cc2cccc(F)c2)c2cccc(F)c2)n1. The maximum atomic E-state index is 13.7. The van der Waals surface area contributed by atoms with E-state index in [0.29, 0.717) is 25.4 Å². The first-order valence-corrected chi connectivity index (χ1v) is 8.43. The molecule has 0 aliphatic carbocycles. The number of hydrogen-bond acceptors (Lipinski definition) is 3. The van der Waals surface area contributed by atoms with Crippen LogP contribution in [0.4, 0.5) is 14.6 Å². The molecular formula is C20H21F2N3O. The Bertz CT molecular complexity index is 850. The highest BCUT2D eigenvalue weighted by atomic mass is 19.1. The highest BCUT2D eigenvalue weighted by Gasteiger charge is 2.15. The molecule has 1 atom stereocenters. The zero-order valence-electron chi connectivity index (χ0n) is 14.5. The summed E-state index contributed by atoms with van der Waals surface area (Å²) in [4.78, 5) is 0. The Labute approximate surface area is 151 Å². The van der Waals surface area contributed by atoms with Gasteiger partial charge in [0.05, 0.1) is 19.2 Å². The van der Waals surface area contributed by atoms with Gasteiger partial charge < -0.3 is 10.1 Å². The number of rotatable bonds is 8. The summed E-state index contributed by atoms with van der Waals surface area (Å²) in [5.74, 6) is 0.0790. The fourth-order valence-corrected chi connectivity index (χ4v) is 2.80. The number of halogens is 2. The van der Waals surface area contributed by atoms with Crippen molar-refractivity contribution in [1.82, 2.24) is 9.78 Å². The minimum absolute atomic E-state index is 0.238. The van der Waals surface area contributed by atoms with Gasteiger partial charge in [-0.05, 0) is 41.8 Å². The van der Waals surface area contributed by atoms with Gasteiger partial charge in [0.2, 0.25) is 0 Å². The Morgan fingerprint density at radius 3 is 2.58 bits per heavy atom. The monoisotopic (exact) mass is 357 g/mol. The molecule has 0 saturated carbocycles. The number of hydrogen-bond donors (Lipinski definition) is 1. The number of benzene rings is 2. The van der Waals surface area contributed by atoms with Crippen molar-refractivity contribution in [3.05, 3.63) is 83.6 Å². The molecule has 0 saturated heterocycles. The third-order valence-electron chi connectivity index (χ3n) is 4.07. The van der Waals surface area contributed by atoms with Crippen LogP contribution in [0.25, 0.3) is 0 Å². The molecule has 0 radical (unpaired) electrons. The summed E-state index contributed by atoms with van der Waals surface area (Å²) in [5, 5.41) is 7.78. The molecule has 0 fully saturated rings. The Hall–Kier alpha value is -2.73. The molecule has 0 bridgehead atoms. The van der Waals surface area contributed by atoms with Crippen molar-refractivity contribution in [2.75, 3.05) is 19.0 Å². The van der Waals surface area contributed by atoms with Gasteiger partial charge in [0.15, 0.2) is 0 Å². The molecule has 6 heteroatoms. The van der Waals surface area contributed by atoms with E-state index in [1.807, 2.05) is 24.4 Å². The van der Waals surface area contributed by atoms with Crippen molar-refractivity contribution in [3.63, 3.8) is 0 Å². The van der Waals surface area contributed by atoms with Gasteiger partial charge in [-0.15, -0.1) is 0 Å². The zero-order chi connectivity index (χ0) is 18.4. The lowest BCUT2D eigenvalue weighted by atomic mass is 9.98. The summed E-state index contributed by atoms with van der Waals surface area (Å²) >= 11 is 0. The summed E-state index contributed by atoms with van der Waals surface area (Å²) in [6.45, 7) is 1.21. The predicted molar refractivity (Wildman–Crippen MR) is 97.0 cm³/mol. The van der Waals surface area contributed by atoms with E-state index in [4.69, 9.17) is 4.74 Å². The second-order valence-corrected chi connectivity index (χ2v) is 6.04. The molecule has 0 amide bonds. The van der Waals surface area contributed by atoms with Crippen LogP contribution in [0.3, 0.4) is 0 Å². The third-order valence-corrected chi connectivity index (χ3v) is 4.07. The molecule has 3 aromatic rings. The van der Waals surface area contributed by atoms with E-state index in [1.165, 1.54) is 24.3 Å². The van der Waals surface area contributed by atoms with Crippen LogP contribution in [0, 0.1) is 11.6 Å². The molecule has 0 spiro atoms. The van der Waals surface area contributed by atoms with Crippen molar-refractivity contribution in [3.8, 4) is 0 Å². The van der Waals surface area contributed by atoms with E-state index in [-0.39, 0.29) is 17.7 Å².